The van der Waals surface area contributed by atoms with Crippen LogP contribution in [0.25, 0.3) is 0 Å². The highest BCUT2D eigenvalue weighted by Gasteiger charge is 2.21. The summed E-state index contributed by atoms with van der Waals surface area (Å²) >= 11 is 0. The number of aryl methyl sites for hydroxylation is 1. The number of ether oxygens (including phenoxy) is 2. The van der Waals surface area contributed by atoms with Gasteiger partial charge in [-0.05, 0) is 54.8 Å². The third kappa shape index (κ3) is 3.60. The number of fused-ring (bicyclic) bond motifs is 1. The first kappa shape index (κ1) is 18.1. The van der Waals surface area contributed by atoms with Crippen molar-refractivity contribution in [3.05, 3.63) is 47.0 Å². The summed E-state index contributed by atoms with van der Waals surface area (Å²) in [4.78, 5) is 11.0. The summed E-state index contributed by atoms with van der Waals surface area (Å²) in [6.07, 6.45) is 0.740. The zero-order valence-electron chi connectivity index (χ0n) is 14.4. The van der Waals surface area contributed by atoms with E-state index in [1.165, 1.54) is 6.07 Å². The highest BCUT2D eigenvalue weighted by molar-refractivity contribution is 7.92. The van der Waals surface area contributed by atoms with Gasteiger partial charge in [0.1, 0.15) is 0 Å². The summed E-state index contributed by atoms with van der Waals surface area (Å²) in [6, 6.07) is 7.23. The topological polar surface area (TPSA) is 105 Å². The number of sulfonamides is 1. The van der Waals surface area contributed by atoms with Gasteiger partial charge in [-0.1, -0.05) is 0 Å². The molecule has 0 aromatic heterocycles. The van der Waals surface area contributed by atoms with E-state index in [9.17, 15) is 18.3 Å². The van der Waals surface area contributed by atoms with Gasteiger partial charge in [-0.2, -0.15) is 0 Å². The molecule has 0 radical (unpaired) electrons. The second-order valence-electron chi connectivity index (χ2n) is 6.02. The second kappa shape index (κ2) is 6.87. The van der Waals surface area contributed by atoms with E-state index in [2.05, 4.69) is 4.72 Å². The van der Waals surface area contributed by atoms with E-state index in [4.69, 9.17) is 9.47 Å². The van der Waals surface area contributed by atoms with Crippen LogP contribution in [-0.4, -0.2) is 27.6 Å². The molecule has 0 unspecified atom stereocenters. The number of carbonyl (C=O) groups excluding carboxylic acids is 1. The summed E-state index contributed by atoms with van der Waals surface area (Å²) in [7, 11) is -4.00. The summed E-state index contributed by atoms with van der Waals surface area (Å²) in [5, 5.41) is 11.1. The summed E-state index contributed by atoms with van der Waals surface area (Å²) in [5.41, 5.74) is 1.12. The van der Waals surface area contributed by atoms with Crippen molar-refractivity contribution >= 4 is 21.7 Å². The highest BCUT2D eigenvalue weighted by Crippen LogP contribution is 2.33. The van der Waals surface area contributed by atoms with E-state index < -0.39 is 16.0 Å². The molecule has 0 saturated carbocycles. The molecule has 1 heterocycles. The Labute approximate surface area is 151 Å². The van der Waals surface area contributed by atoms with E-state index >= 15 is 0 Å². The number of hydrogen-bond acceptors (Lipinski definition) is 6. The molecule has 0 saturated heterocycles. The van der Waals surface area contributed by atoms with Crippen LogP contribution in [0.15, 0.2) is 35.2 Å². The van der Waals surface area contributed by atoms with Crippen LogP contribution in [0.2, 0.25) is 0 Å². The number of carboxylic acid groups (broad SMARTS) is 1. The van der Waals surface area contributed by atoms with Gasteiger partial charge < -0.3 is 19.4 Å². The summed E-state index contributed by atoms with van der Waals surface area (Å²) in [5.74, 6) is -0.421. The molecule has 7 nitrogen and oxygen atoms in total. The van der Waals surface area contributed by atoms with E-state index in [-0.39, 0.29) is 10.5 Å². The molecule has 8 heteroatoms. The minimum Gasteiger partial charge on any atom is -0.545 e. The number of benzene rings is 2. The van der Waals surface area contributed by atoms with Gasteiger partial charge in [0, 0.05) is 12.5 Å². The van der Waals surface area contributed by atoms with Crippen molar-refractivity contribution in [2.45, 2.75) is 25.2 Å². The van der Waals surface area contributed by atoms with Crippen molar-refractivity contribution < 1.29 is 27.8 Å². The van der Waals surface area contributed by atoms with Gasteiger partial charge >= 0.3 is 0 Å². The van der Waals surface area contributed by atoms with Crippen LogP contribution < -0.4 is 19.3 Å². The lowest BCUT2D eigenvalue weighted by atomic mass is 10.1. The maximum Gasteiger partial charge on any atom is 0.262 e. The van der Waals surface area contributed by atoms with Crippen molar-refractivity contribution in [1.29, 1.82) is 0 Å². The largest absolute Gasteiger partial charge is 0.545 e. The number of nitrogens with one attached hydrogen (secondary N) is 1. The van der Waals surface area contributed by atoms with Crippen LogP contribution in [0.5, 0.6) is 11.5 Å². The number of carbonyl (C=O) groups is 1. The minimum absolute atomic E-state index is 0.108. The van der Waals surface area contributed by atoms with Crippen LogP contribution in [0.3, 0.4) is 0 Å². The van der Waals surface area contributed by atoms with E-state index in [0.717, 1.165) is 12.5 Å². The molecule has 0 spiro atoms. The van der Waals surface area contributed by atoms with Crippen LogP contribution in [0, 0.1) is 13.8 Å². The Kier molecular flexibility index (Phi) is 4.78. The van der Waals surface area contributed by atoms with Crippen LogP contribution >= 0.6 is 0 Å². The van der Waals surface area contributed by atoms with Gasteiger partial charge in [0.05, 0.1) is 29.8 Å². The van der Waals surface area contributed by atoms with Crippen molar-refractivity contribution in [2.75, 3.05) is 17.9 Å². The number of carboxylic acids is 1. The molecule has 0 amide bonds. The predicted molar refractivity (Wildman–Crippen MR) is 93.1 cm³/mol. The van der Waals surface area contributed by atoms with Crippen molar-refractivity contribution in [2.24, 2.45) is 0 Å². The molecular formula is C18H18NO6S-. The third-order valence-electron chi connectivity index (χ3n) is 4.14. The van der Waals surface area contributed by atoms with E-state index in [1.807, 2.05) is 0 Å². The Bertz CT molecular complexity index is 968. The smallest absolute Gasteiger partial charge is 0.262 e. The van der Waals surface area contributed by atoms with Gasteiger partial charge in [-0.25, -0.2) is 8.42 Å². The Balaban J connectivity index is 1.97. The van der Waals surface area contributed by atoms with E-state index in [0.29, 0.717) is 41.5 Å². The number of aromatic carboxylic acids is 1. The van der Waals surface area contributed by atoms with Crippen molar-refractivity contribution in [3.63, 3.8) is 0 Å². The maximum atomic E-state index is 12.8. The molecule has 0 aliphatic carbocycles. The number of hydrogen-bond donors (Lipinski definition) is 1. The molecule has 0 atom stereocenters. The van der Waals surface area contributed by atoms with Gasteiger partial charge in [0.2, 0.25) is 0 Å². The van der Waals surface area contributed by atoms with Crippen molar-refractivity contribution in [3.8, 4) is 11.5 Å². The van der Waals surface area contributed by atoms with Gasteiger partial charge in [-0.3, -0.25) is 4.72 Å². The highest BCUT2D eigenvalue weighted by atomic mass is 32.2. The quantitative estimate of drug-likeness (QED) is 0.870. The molecular weight excluding hydrogens is 358 g/mol. The van der Waals surface area contributed by atoms with Crippen LogP contribution in [0.4, 0.5) is 5.69 Å². The normalized spacial score (nSPS) is 13.8. The molecule has 26 heavy (non-hydrogen) atoms. The number of rotatable bonds is 4. The molecule has 2 aromatic rings. The molecule has 3 rings (SSSR count). The van der Waals surface area contributed by atoms with E-state index in [1.54, 1.807) is 32.0 Å². The first-order valence-corrected chi connectivity index (χ1v) is 9.51. The molecule has 0 bridgehead atoms. The maximum absolute atomic E-state index is 12.8. The fraction of sp³-hybridized carbons (Fsp3) is 0.278. The molecule has 1 aliphatic rings. The first-order chi connectivity index (χ1) is 12.3. The lowest BCUT2D eigenvalue weighted by Crippen LogP contribution is -2.23. The Morgan fingerprint density at radius 2 is 1.77 bits per heavy atom. The summed E-state index contributed by atoms with van der Waals surface area (Å²) < 4.78 is 39.1. The Hall–Kier alpha value is -2.74. The monoisotopic (exact) mass is 376 g/mol. The molecule has 138 valence electrons. The number of anilines is 1. The lowest BCUT2D eigenvalue weighted by molar-refractivity contribution is -0.255. The molecule has 2 aromatic carbocycles. The fourth-order valence-electron chi connectivity index (χ4n) is 2.66. The predicted octanol–water partition coefficient (Wildman–Crippen LogP) is 1.63. The molecule has 1 aliphatic heterocycles. The average Bonchev–Trinajstić information content (AvgIpc) is 2.81. The van der Waals surface area contributed by atoms with Gasteiger partial charge in [0.25, 0.3) is 10.0 Å². The standard InChI is InChI=1S/C18H19NO6S/c1-11-8-13(18(20)21)9-17(12(11)2)26(22,23)19-14-4-5-15-16(10-14)25-7-3-6-24-15/h4-5,8-10,19H,3,6-7H2,1-2H3,(H,20,21)/p-1. The SMILES string of the molecule is Cc1cc(C(=O)[O-])cc(S(=O)(=O)Nc2ccc3c(c2)OCCCO3)c1C. The third-order valence-corrected chi connectivity index (χ3v) is 5.65. The van der Waals surface area contributed by atoms with Crippen LogP contribution in [0.1, 0.15) is 27.9 Å². The zero-order valence-corrected chi connectivity index (χ0v) is 15.2. The second-order valence-corrected chi connectivity index (χ2v) is 7.67. The van der Waals surface area contributed by atoms with Gasteiger partial charge in [0.15, 0.2) is 11.5 Å². The first-order valence-electron chi connectivity index (χ1n) is 8.03. The average molecular weight is 376 g/mol. The van der Waals surface area contributed by atoms with Crippen molar-refractivity contribution in [1.82, 2.24) is 0 Å². The minimum atomic E-state index is -4.00. The lowest BCUT2D eigenvalue weighted by Gasteiger charge is -2.15. The zero-order chi connectivity index (χ0) is 18.9. The van der Waals surface area contributed by atoms with Gasteiger partial charge in [-0.15, -0.1) is 0 Å². The van der Waals surface area contributed by atoms with Crippen LogP contribution in [-0.2, 0) is 10.0 Å². The molecule has 0 fully saturated rings. The summed E-state index contributed by atoms with van der Waals surface area (Å²) in [6.45, 7) is 4.28. The Morgan fingerprint density at radius 1 is 1.08 bits per heavy atom. The molecule has 1 N–H and O–H groups in total. The Morgan fingerprint density at radius 3 is 2.46 bits per heavy atom. The fourth-order valence-corrected chi connectivity index (χ4v) is 4.05.